The van der Waals surface area contributed by atoms with Crippen LogP contribution in [0.5, 0.6) is 0 Å². The Kier molecular flexibility index (Phi) is 7.47. The second kappa shape index (κ2) is 11.1. The second-order valence-corrected chi connectivity index (χ2v) is 10.2. The quantitative estimate of drug-likeness (QED) is 0.288. The Morgan fingerprint density at radius 1 is 0.974 bits per heavy atom. The van der Waals surface area contributed by atoms with Gasteiger partial charge in [-0.1, -0.05) is 66.2 Å². The molecule has 1 heterocycles. The molecule has 1 aliphatic rings. The molecular formula is C32H30ClN3O2. The second-order valence-electron chi connectivity index (χ2n) is 9.73. The third-order valence-electron chi connectivity index (χ3n) is 7.08. The summed E-state index contributed by atoms with van der Waals surface area (Å²) >= 11 is 6.11. The van der Waals surface area contributed by atoms with Crippen LogP contribution in [0.1, 0.15) is 56.8 Å². The third kappa shape index (κ3) is 5.58. The number of fused-ring (bicyclic) bond motifs is 1. The lowest BCUT2D eigenvalue weighted by Crippen LogP contribution is -2.30. The molecule has 5 rings (SSSR count). The van der Waals surface area contributed by atoms with Crippen molar-refractivity contribution in [3.05, 3.63) is 124 Å². The first-order chi connectivity index (χ1) is 18.4. The van der Waals surface area contributed by atoms with Crippen molar-refractivity contribution in [2.45, 2.75) is 32.4 Å². The first-order valence-corrected chi connectivity index (χ1v) is 13.2. The van der Waals surface area contributed by atoms with Crippen LogP contribution in [0.4, 0.5) is 5.69 Å². The van der Waals surface area contributed by atoms with Crippen LogP contribution in [-0.4, -0.2) is 18.4 Å². The van der Waals surface area contributed by atoms with Crippen molar-refractivity contribution in [3.63, 3.8) is 0 Å². The number of rotatable bonds is 7. The highest BCUT2D eigenvalue weighted by Crippen LogP contribution is 2.31. The zero-order valence-corrected chi connectivity index (χ0v) is 22.0. The lowest BCUT2D eigenvalue weighted by atomic mass is 9.96. The minimum absolute atomic E-state index is 0.0933. The molecular weight excluding hydrogens is 494 g/mol. The number of nitrogens with two attached hydrogens (primary N) is 1. The number of nitrogens with zero attached hydrogens (tertiary/aromatic N) is 1. The van der Waals surface area contributed by atoms with Crippen molar-refractivity contribution in [2.24, 2.45) is 5.73 Å². The molecule has 4 aromatic carbocycles. The van der Waals surface area contributed by atoms with Gasteiger partial charge in [0.25, 0.3) is 5.91 Å². The van der Waals surface area contributed by atoms with Gasteiger partial charge in [-0.05, 0) is 84.0 Å². The fraction of sp³-hybridized carbons (Fsp3) is 0.188. The minimum Gasteiger partial charge on any atom is -0.367 e. The number of benzene rings is 4. The first-order valence-electron chi connectivity index (χ1n) is 12.8. The Bertz CT molecular complexity index is 1480. The van der Waals surface area contributed by atoms with E-state index in [1.165, 1.54) is 16.8 Å². The van der Waals surface area contributed by atoms with E-state index in [-0.39, 0.29) is 11.9 Å². The van der Waals surface area contributed by atoms with E-state index in [0.717, 1.165) is 42.6 Å². The van der Waals surface area contributed by atoms with Gasteiger partial charge in [0.1, 0.15) is 0 Å². The lowest BCUT2D eigenvalue weighted by Gasteiger charge is -2.32. The molecule has 0 aliphatic carbocycles. The molecule has 0 bridgehead atoms. The standard InChI is InChI=1S/C32H30ClN3O2/c1-21(24-6-4-8-27(33)19-24)35-32(38)26-15-16-30-25(18-26)7-5-17-36(30)20-22-11-13-23(14-12-22)28-9-2-3-10-29(28)31(34)37/h2-4,6,8-16,18-19,21H,5,7,17,20H2,1H3,(H2,34,37)(H,35,38)/t21-/m0/s1. The predicted octanol–water partition coefficient (Wildman–Crippen LogP) is 6.55. The maximum absolute atomic E-state index is 13.0. The van der Waals surface area contributed by atoms with Gasteiger partial charge in [0.2, 0.25) is 5.91 Å². The Hall–Kier alpha value is -4.09. The van der Waals surface area contributed by atoms with Gasteiger partial charge in [0.05, 0.1) is 6.04 Å². The summed E-state index contributed by atoms with van der Waals surface area (Å²) in [6.07, 6.45) is 1.97. The molecule has 1 atom stereocenters. The number of aryl methyl sites for hydroxylation is 1. The molecule has 2 amide bonds. The highest BCUT2D eigenvalue weighted by atomic mass is 35.5. The Balaban J connectivity index is 1.29. The van der Waals surface area contributed by atoms with Crippen LogP contribution >= 0.6 is 11.6 Å². The molecule has 5 nitrogen and oxygen atoms in total. The van der Waals surface area contributed by atoms with E-state index in [0.29, 0.717) is 16.1 Å². The van der Waals surface area contributed by atoms with Crippen LogP contribution in [-0.2, 0) is 13.0 Å². The van der Waals surface area contributed by atoms with Gasteiger partial charge in [0, 0.05) is 34.9 Å². The van der Waals surface area contributed by atoms with Gasteiger partial charge in [-0.2, -0.15) is 0 Å². The number of nitrogens with one attached hydrogen (secondary N) is 1. The van der Waals surface area contributed by atoms with Crippen molar-refractivity contribution in [1.82, 2.24) is 5.32 Å². The number of amides is 2. The topological polar surface area (TPSA) is 75.4 Å². The van der Waals surface area contributed by atoms with E-state index >= 15 is 0 Å². The van der Waals surface area contributed by atoms with Crippen LogP contribution in [0.3, 0.4) is 0 Å². The first kappa shape index (κ1) is 25.6. The number of carbonyl (C=O) groups is 2. The molecule has 0 unspecified atom stereocenters. The van der Waals surface area contributed by atoms with Crippen molar-refractivity contribution in [1.29, 1.82) is 0 Å². The number of hydrogen-bond acceptors (Lipinski definition) is 3. The molecule has 4 aromatic rings. The molecule has 0 radical (unpaired) electrons. The van der Waals surface area contributed by atoms with Gasteiger partial charge < -0.3 is 16.0 Å². The van der Waals surface area contributed by atoms with E-state index in [1.807, 2.05) is 73.7 Å². The summed E-state index contributed by atoms with van der Waals surface area (Å²) in [7, 11) is 0. The van der Waals surface area contributed by atoms with Gasteiger partial charge in [0.15, 0.2) is 0 Å². The summed E-state index contributed by atoms with van der Waals surface area (Å²) < 4.78 is 0. The number of primary amides is 1. The maximum atomic E-state index is 13.0. The molecule has 3 N–H and O–H groups in total. The summed E-state index contributed by atoms with van der Waals surface area (Å²) in [5, 5.41) is 3.74. The molecule has 38 heavy (non-hydrogen) atoms. The highest BCUT2D eigenvalue weighted by molar-refractivity contribution is 6.30. The van der Waals surface area contributed by atoms with Crippen LogP contribution in [0.2, 0.25) is 5.02 Å². The van der Waals surface area contributed by atoms with E-state index in [9.17, 15) is 9.59 Å². The zero-order valence-electron chi connectivity index (χ0n) is 21.3. The average molecular weight is 524 g/mol. The molecule has 6 heteroatoms. The van der Waals surface area contributed by atoms with E-state index in [4.69, 9.17) is 17.3 Å². The summed E-state index contributed by atoms with van der Waals surface area (Å²) in [6, 6.07) is 29.1. The average Bonchev–Trinajstić information content (AvgIpc) is 2.93. The van der Waals surface area contributed by atoms with Crippen LogP contribution in [0.15, 0.2) is 91.0 Å². The van der Waals surface area contributed by atoms with Gasteiger partial charge in [-0.15, -0.1) is 0 Å². The van der Waals surface area contributed by atoms with Crippen molar-refractivity contribution in [2.75, 3.05) is 11.4 Å². The van der Waals surface area contributed by atoms with E-state index < -0.39 is 5.91 Å². The summed E-state index contributed by atoms with van der Waals surface area (Å²) in [6.45, 7) is 3.68. The number of halogens is 1. The van der Waals surface area contributed by atoms with Gasteiger partial charge >= 0.3 is 0 Å². The summed E-state index contributed by atoms with van der Waals surface area (Å²) in [5.41, 5.74) is 13.0. The van der Waals surface area contributed by atoms with E-state index in [2.05, 4.69) is 28.4 Å². The monoisotopic (exact) mass is 523 g/mol. The van der Waals surface area contributed by atoms with Crippen molar-refractivity contribution >= 4 is 29.1 Å². The predicted molar refractivity (Wildman–Crippen MR) is 154 cm³/mol. The molecule has 192 valence electrons. The van der Waals surface area contributed by atoms with Crippen LogP contribution < -0.4 is 16.0 Å². The molecule has 0 saturated carbocycles. The maximum Gasteiger partial charge on any atom is 0.251 e. The van der Waals surface area contributed by atoms with Crippen molar-refractivity contribution in [3.8, 4) is 11.1 Å². The fourth-order valence-electron chi connectivity index (χ4n) is 5.08. The Morgan fingerprint density at radius 2 is 1.76 bits per heavy atom. The van der Waals surface area contributed by atoms with Gasteiger partial charge in [-0.25, -0.2) is 0 Å². The van der Waals surface area contributed by atoms with Crippen molar-refractivity contribution < 1.29 is 9.59 Å². The van der Waals surface area contributed by atoms with E-state index in [1.54, 1.807) is 6.07 Å². The molecule has 0 aromatic heterocycles. The summed E-state index contributed by atoms with van der Waals surface area (Å²) in [4.78, 5) is 27.2. The Morgan fingerprint density at radius 3 is 2.53 bits per heavy atom. The number of hydrogen-bond donors (Lipinski definition) is 2. The van der Waals surface area contributed by atoms with Crippen LogP contribution in [0, 0.1) is 0 Å². The lowest BCUT2D eigenvalue weighted by molar-refractivity contribution is 0.0938. The zero-order chi connectivity index (χ0) is 26.6. The SMILES string of the molecule is C[C@H](NC(=O)c1ccc2c(c1)CCCN2Cc1ccc(-c2ccccc2C(N)=O)cc1)c1cccc(Cl)c1. The smallest absolute Gasteiger partial charge is 0.251 e. The molecule has 0 fully saturated rings. The van der Waals surface area contributed by atoms with Crippen LogP contribution in [0.25, 0.3) is 11.1 Å². The fourth-order valence-corrected chi connectivity index (χ4v) is 5.28. The normalized spacial score (nSPS) is 13.5. The number of anilines is 1. The minimum atomic E-state index is -0.429. The van der Waals surface area contributed by atoms with Gasteiger partial charge in [-0.3, -0.25) is 9.59 Å². The molecule has 1 aliphatic heterocycles. The number of carbonyl (C=O) groups excluding carboxylic acids is 2. The summed E-state index contributed by atoms with van der Waals surface area (Å²) in [5.74, 6) is -0.522. The third-order valence-corrected chi connectivity index (χ3v) is 7.32. The molecule has 0 spiro atoms. The Labute approximate surface area is 228 Å². The largest absolute Gasteiger partial charge is 0.367 e. The molecule has 0 saturated heterocycles. The highest BCUT2D eigenvalue weighted by Gasteiger charge is 2.20.